The molecule has 3 nitrogen and oxygen atoms in total. The lowest BCUT2D eigenvalue weighted by Crippen LogP contribution is -2.39. The quantitative estimate of drug-likeness (QED) is 0.590. The Hall–Kier alpha value is -1.06. The lowest BCUT2D eigenvalue weighted by Gasteiger charge is -2.40. The van der Waals surface area contributed by atoms with E-state index in [0.29, 0.717) is 13.0 Å². The zero-order chi connectivity index (χ0) is 16.7. The average Bonchev–Trinajstić information content (AvgIpc) is 2.59. The van der Waals surface area contributed by atoms with Gasteiger partial charge in [-0.3, -0.25) is 4.79 Å². The van der Waals surface area contributed by atoms with Crippen LogP contribution in [-0.4, -0.2) is 19.6 Å². The number of nitrogens with two attached hydrogens (primary N) is 1. The van der Waals surface area contributed by atoms with E-state index in [4.69, 9.17) is 17.3 Å². The van der Waals surface area contributed by atoms with Gasteiger partial charge in [-0.1, -0.05) is 36.6 Å². The number of methoxy groups -OCH3 is 1. The Bertz CT molecular complexity index is 510. The fourth-order valence-electron chi connectivity index (χ4n) is 3.75. The molecule has 0 heterocycles. The molecule has 1 saturated carbocycles. The fraction of sp³-hybridized carbons (Fsp3) is 0.632. The van der Waals surface area contributed by atoms with Crippen LogP contribution in [0.25, 0.3) is 0 Å². The number of carbonyl (C=O) groups excluding carboxylic acids is 1. The number of halogens is 1. The molecular weight excluding hydrogens is 310 g/mol. The maximum atomic E-state index is 11.1. The molecule has 0 unspecified atom stereocenters. The molecule has 1 aliphatic carbocycles. The molecule has 0 atom stereocenters. The first-order chi connectivity index (χ1) is 11.1. The van der Waals surface area contributed by atoms with Crippen molar-refractivity contribution in [1.29, 1.82) is 0 Å². The molecule has 1 aliphatic rings. The molecule has 23 heavy (non-hydrogen) atoms. The van der Waals surface area contributed by atoms with Crippen LogP contribution in [0.15, 0.2) is 24.3 Å². The first-order valence-electron chi connectivity index (χ1n) is 8.62. The number of esters is 1. The summed E-state index contributed by atoms with van der Waals surface area (Å²) in [5, 5.41) is 0.792. The van der Waals surface area contributed by atoms with Crippen LogP contribution in [0.3, 0.4) is 0 Å². The van der Waals surface area contributed by atoms with Gasteiger partial charge in [-0.05, 0) is 55.7 Å². The molecule has 0 radical (unpaired) electrons. The highest BCUT2D eigenvalue weighted by atomic mass is 35.5. The van der Waals surface area contributed by atoms with E-state index in [9.17, 15) is 4.79 Å². The van der Waals surface area contributed by atoms with Crippen molar-refractivity contribution in [3.63, 3.8) is 0 Å². The minimum absolute atomic E-state index is 0.0907. The van der Waals surface area contributed by atoms with E-state index in [1.807, 2.05) is 12.1 Å². The Morgan fingerprint density at radius 1 is 1.35 bits per heavy atom. The minimum atomic E-state index is -0.100. The number of ether oxygens (including phenoxy) is 1. The van der Waals surface area contributed by atoms with Gasteiger partial charge in [0, 0.05) is 23.4 Å². The Morgan fingerprint density at radius 2 is 2.09 bits per heavy atom. The zero-order valence-corrected chi connectivity index (χ0v) is 14.8. The van der Waals surface area contributed by atoms with Crippen molar-refractivity contribution in [2.24, 2.45) is 11.7 Å². The summed E-state index contributed by atoms with van der Waals surface area (Å²) in [6, 6.07) is 8.18. The number of carbonyl (C=O) groups is 1. The number of rotatable bonds is 7. The highest BCUT2D eigenvalue weighted by Gasteiger charge is 2.35. The molecule has 0 saturated heterocycles. The molecule has 0 bridgehead atoms. The first-order valence-corrected chi connectivity index (χ1v) is 9.00. The van der Waals surface area contributed by atoms with E-state index in [1.54, 1.807) is 0 Å². The van der Waals surface area contributed by atoms with Gasteiger partial charge in [-0.25, -0.2) is 0 Å². The molecule has 1 aromatic carbocycles. The third-order valence-corrected chi connectivity index (χ3v) is 5.60. The van der Waals surface area contributed by atoms with Crippen molar-refractivity contribution < 1.29 is 9.53 Å². The van der Waals surface area contributed by atoms with Crippen molar-refractivity contribution in [2.45, 2.75) is 56.8 Å². The number of unbranched alkanes of at least 4 members (excludes halogenated alkanes) is 1. The van der Waals surface area contributed by atoms with Crippen molar-refractivity contribution >= 4 is 17.6 Å². The summed E-state index contributed by atoms with van der Waals surface area (Å²) in [4.78, 5) is 11.1. The Labute approximate surface area is 144 Å². The van der Waals surface area contributed by atoms with Crippen molar-refractivity contribution in [3.8, 4) is 0 Å². The molecule has 1 aromatic rings. The van der Waals surface area contributed by atoms with E-state index in [0.717, 1.165) is 36.6 Å². The van der Waals surface area contributed by atoms with Gasteiger partial charge < -0.3 is 10.5 Å². The van der Waals surface area contributed by atoms with Crippen LogP contribution >= 0.6 is 11.6 Å². The highest BCUT2D eigenvalue weighted by molar-refractivity contribution is 6.30. The lowest BCUT2D eigenvalue weighted by atomic mass is 9.66. The predicted octanol–water partition coefficient (Wildman–Crippen LogP) is 4.46. The van der Waals surface area contributed by atoms with Gasteiger partial charge in [-0.2, -0.15) is 0 Å². The van der Waals surface area contributed by atoms with Crippen LogP contribution in [0.2, 0.25) is 5.02 Å². The van der Waals surface area contributed by atoms with Crippen LogP contribution in [0, 0.1) is 5.92 Å². The number of hydrogen-bond donors (Lipinski definition) is 1. The Morgan fingerprint density at radius 3 is 2.70 bits per heavy atom. The normalized spacial score (nSPS) is 24.4. The van der Waals surface area contributed by atoms with Crippen molar-refractivity contribution in [1.82, 2.24) is 0 Å². The molecule has 4 heteroatoms. The summed E-state index contributed by atoms with van der Waals surface area (Å²) in [7, 11) is 1.45. The standard InChI is InChI=1S/C19H28ClNO2/c1-23-18(22)8-3-2-5-15-9-11-19(14-21,12-10-15)16-6-4-7-17(20)13-16/h4,6-7,13,15H,2-3,5,8-12,14,21H2,1H3. The molecule has 2 rings (SSSR count). The Balaban J connectivity index is 1.83. The van der Waals surface area contributed by atoms with Gasteiger partial charge in [0.05, 0.1) is 7.11 Å². The SMILES string of the molecule is COC(=O)CCCCC1CCC(CN)(c2cccc(Cl)c2)CC1. The van der Waals surface area contributed by atoms with E-state index in [1.165, 1.54) is 31.9 Å². The second kappa shape index (κ2) is 8.70. The van der Waals surface area contributed by atoms with Crippen LogP contribution in [-0.2, 0) is 14.9 Å². The van der Waals surface area contributed by atoms with Crippen LogP contribution in [0.1, 0.15) is 56.9 Å². The summed E-state index contributed by atoms with van der Waals surface area (Å²) in [6.45, 7) is 0.683. The van der Waals surface area contributed by atoms with E-state index in [-0.39, 0.29) is 11.4 Å². The summed E-state index contributed by atoms with van der Waals surface area (Å²) in [6.07, 6.45) is 8.46. The van der Waals surface area contributed by atoms with E-state index < -0.39 is 0 Å². The third kappa shape index (κ3) is 4.95. The molecule has 2 N–H and O–H groups in total. The molecule has 0 aliphatic heterocycles. The van der Waals surface area contributed by atoms with Gasteiger partial charge >= 0.3 is 5.97 Å². The number of benzene rings is 1. The van der Waals surface area contributed by atoms with Gasteiger partial charge in [0.1, 0.15) is 0 Å². The monoisotopic (exact) mass is 337 g/mol. The van der Waals surface area contributed by atoms with Crippen molar-refractivity contribution in [2.75, 3.05) is 13.7 Å². The van der Waals surface area contributed by atoms with Gasteiger partial charge in [0.25, 0.3) is 0 Å². The minimum Gasteiger partial charge on any atom is -0.469 e. The van der Waals surface area contributed by atoms with Crippen LogP contribution in [0.4, 0.5) is 0 Å². The third-order valence-electron chi connectivity index (χ3n) is 5.36. The van der Waals surface area contributed by atoms with Gasteiger partial charge in [0.15, 0.2) is 0 Å². The summed E-state index contributed by atoms with van der Waals surface area (Å²) >= 11 is 6.16. The molecule has 0 spiro atoms. The second-order valence-electron chi connectivity index (χ2n) is 6.76. The largest absolute Gasteiger partial charge is 0.469 e. The first kappa shape index (κ1) is 18.3. The molecule has 0 aromatic heterocycles. The average molecular weight is 338 g/mol. The van der Waals surface area contributed by atoms with E-state index in [2.05, 4.69) is 16.9 Å². The smallest absolute Gasteiger partial charge is 0.305 e. The predicted molar refractivity (Wildman–Crippen MR) is 94.6 cm³/mol. The molecule has 128 valence electrons. The van der Waals surface area contributed by atoms with Gasteiger partial charge in [0.2, 0.25) is 0 Å². The zero-order valence-electron chi connectivity index (χ0n) is 14.0. The van der Waals surface area contributed by atoms with Crippen molar-refractivity contribution in [3.05, 3.63) is 34.9 Å². The maximum Gasteiger partial charge on any atom is 0.305 e. The molecule has 1 fully saturated rings. The second-order valence-corrected chi connectivity index (χ2v) is 7.20. The summed E-state index contributed by atoms with van der Waals surface area (Å²) in [5.41, 5.74) is 7.52. The topological polar surface area (TPSA) is 52.3 Å². The van der Waals surface area contributed by atoms with Gasteiger partial charge in [-0.15, -0.1) is 0 Å². The maximum absolute atomic E-state index is 11.1. The summed E-state index contributed by atoms with van der Waals surface area (Å²) in [5.74, 6) is 0.656. The summed E-state index contributed by atoms with van der Waals surface area (Å²) < 4.78 is 4.68. The lowest BCUT2D eigenvalue weighted by molar-refractivity contribution is -0.140. The number of hydrogen-bond acceptors (Lipinski definition) is 3. The van der Waals surface area contributed by atoms with Crippen LogP contribution < -0.4 is 5.73 Å². The fourth-order valence-corrected chi connectivity index (χ4v) is 3.94. The van der Waals surface area contributed by atoms with Crippen LogP contribution in [0.5, 0.6) is 0 Å². The molecule has 0 amide bonds. The highest BCUT2D eigenvalue weighted by Crippen LogP contribution is 2.42. The van der Waals surface area contributed by atoms with E-state index >= 15 is 0 Å². The molecular formula is C19H28ClNO2. The Kier molecular flexibility index (Phi) is 6.91.